The maximum atomic E-state index is 5.29. The Hall–Kier alpha value is -1.58. The van der Waals surface area contributed by atoms with E-state index in [0.717, 1.165) is 31.9 Å². The number of fused-ring (bicyclic) bond motifs is 1. The first-order valence-electron chi connectivity index (χ1n) is 7.81. The summed E-state index contributed by atoms with van der Waals surface area (Å²) in [4.78, 5) is 2.57. The van der Waals surface area contributed by atoms with Crippen LogP contribution in [0.4, 0.5) is 0 Å². The molecule has 0 spiro atoms. The molecule has 3 nitrogen and oxygen atoms in total. The number of nitrogens with one attached hydrogen (secondary N) is 1. The maximum absolute atomic E-state index is 5.29. The van der Waals surface area contributed by atoms with E-state index in [1.807, 2.05) is 6.07 Å². The van der Waals surface area contributed by atoms with Crippen molar-refractivity contribution in [3.63, 3.8) is 0 Å². The van der Waals surface area contributed by atoms with Crippen LogP contribution in [0.25, 0.3) is 10.8 Å². The van der Waals surface area contributed by atoms with Crippen LogP contribution in [0, 0.1) is 0 Å². The topological polar surface area (TPSA) is 24.5 Å². The third-order valence-corrected chi connectivity index (χ3v) is 4.45. The molecule has 0 aliphatic carbocycles. The van der Waals surface area contributed by atoms with Crippen molar-refractivity contribution >= 4 is 10.8 Å². The van der Waals surface area contributed by atoms with Crippen LogP contribution in [0.1, 0.15) is 18.9 Å². The summed E-state index contributed by atoms with van der Waals surface area (Å²) in [6, 6.07) is 13.7. The molecule has 1 aliphatic heterocycles. The molecule has 2 aromatic carbocycles. The molecule has 21 heavy (non-hydrogen) atoms. The molecule has 1 heterocycles. The summed E-state index contributed by atoms with van der Waals surface area (Å²) in [5.74, 6) is 0.919. The maximum Gasteiger partial charge on any atom is 0.119 e. The van der Waals surface area contributed by atoms with Crippen molar-refractivity contribution in [3.05, 3.63) is 42.0 Å². The molecule has 1 fully saturated rings. The van der Waals surface area contributed by atoms with Gasteiger partial charge >= 0.3 is 0 Å². The molecular formula is C18H24N2O. The molecule has 3 rings (SSSR count). The highest BCUT2D eigenvalue weighted by Gasteiger charge is 2.20. The molecule has 0 radical (unpaired) electrons. The Labute approximate surface area is 126 Å². The fourth-order valence-corrected chi connectivity index (χ4v) is 3.18. The number of ether oxygens (including phenoxy) is 1. The van der Waals surface area contributed by atoms with Gasteiger partial charge in [0, 0.05) is 19.1 Å². The molecule has 2 aromatic rings. The van der Waals surface area contributed by atoms with Gasteiger partial charge in [0.1, 0.15) is 5.75 Å². The fraction of sp³-hybridized carbons (Fsp3) is 0.444. The third kappa shape index (κ3) is 3.20. The monoisotopic (exact) mass is 284 g/mol. The van der Waals surface area contributed by atoms with Gasteiger partial charge in [-0.2, -0.15) is 0 Å². The smallest absolute Gasteiger partial charge is 0.119 e. The second-order valence-electron chi connectivity index (χ2n) is 5.76. The van der Waals surface area contributed by atoms with E-state index in [4.69, 9.17) is 4.74 Å². The van der Waals surface area contributed by atoms with Crippen LogP contribution in [0.2, 0.25) is 0 Å². The zero-order valence-corrected chi connectivity index (χ0v) is 12.9. The van der Waals surface area contributed by atoms with Crippen molar-refractivity contribution in [1.82, 2.24) is 10.2 Å². The van der Waals surface area contributed by atoms with Crippen molar-refractivity contribution in [2.75, 3.05) is 26.7 Å². The Morgan fingerprint density at radius 2 is 2.00 bits per heavy atom. The number of likely N-dealkylation sites (N-methyl/N-ethyl adjacent to an activating group) is 1. The van der Waals surface area contributed by atoms with Gasteiger partial charge in [-0.05, 0) is 54.0 Å². The molecule has 1 unspecified atom stereocenters. The molecule has 0 saturated carbocycles. The van der Waals surface area contributed by atoms with Crippen LogP contribution >= 0.6 is 0 Å². The van der Waals surface area contributed by atoms with E-state index in [1.54, 1.807) is 7.11 Å². The fourth-order valence-electron chi connectivity index (χ4n) is 3.18. The summed E-state index contributed by atoms with van der Waals surface area (Å²) in [5.41, 5.74) is 1.39. The van der Waals surface area contributed by atoms with E-state index >= 15 is 0 Å². The van der Waals surface area contributed by atoms with Crippen molar-refractivity contribution in [2.45, 2.75) is 25.9 Å². The summed E-state index contributed by atoms with van der Waals surface area (Å²) < 4.78 is 5.29. The lowest BCUT2D eigenvalue weighted by atomic mass is 10.1. The van der Waals surface area contributed by atoms with Crippen LogP contribution in [0.5, 0.6) is 5.75 Å². The minimum absolute atomic E-state index is 0.682. The van der Waals surface area contributed by atoms with Crippen molar-refractivity contribution in [1.29, 1.82) is 0 Å². The quantitative estimate of drug-likeness (QED) is 0.913. The summed E-state index contributed by atoms with van der Waals surface area (Å²) in [5, 5.41) is 5.99. The van der Waals surface area contributed by atoms with Gasteiger partial charge in [0.2, 0.25) is 0 Å². The summed E-state index contributed by atoms with van der Waals surface area (Å²) in [6.07, 6.45) is 1.26. The zero-order valence-electron chi connectivity index (χ0n) is 12.9. The van der Waals surface area contributed by atoms with Crippen LogP contribution in [-0.2, 0) is 6.54 Å². The van der Waals surface area contributed by atoms with Crippen LogP contribution in [-0.4, -0.2) is 37.7 Å². The molecule has 3 heteroatoms. The second-order valence-corrected chi connectivity index (χ2v) is 5.76. The summed E-state index contributed by atoms with van der Waals surface area (Å²) >= 11 is 0. The number of methoxy groups -OCH3 is 1. The van der Waals surface area contributed by atoms with Crippen molar-refractivity contribution in [2.24, 2.45) is 0 Å². The summed E-state index contributed by atoms with van der Waals surface area (Å²) in [7, 11) is 1.71. The van der Waals surface area contributed by atoms with E-state index in [1.165, 1.54) is 22.8 Å². The molecule has 1 N–H and O–H groups in total. The molecule has 0 bridgehead atoms. The lowest BCUT2D eigenvalue weighted by Crippen LogP contribution is -2.36. The largest absolute Gasteiger partial charge is 0.497 e. The number of hydrogen-bond acceptors (Lipinski definition) is 3. The Bertz CT molecular complexity index is 605. The lowest BCUT2D eigenvalue weighted by Gasteiger charge is -2.27. The normalized spacial score (nSPS) is 18.5. The van der Waals surface area contributed by atoms with Gasteiger partial charge in [-0.15, -0.1) is 0 Å². The highest BCUT2D eigenvalue weighted by molar-refractivity contribution is 5.84. The van der Waals surface area contributed by atoms with E-state index in [-0.39, 0.29) is 0 Å². The molecule has 0 aromatic heterocycles. The molecule has 112 valence electrons. The number of benzene rings is 2. The second kappa shape index (κ2) is 6.46. The van der Waals surface area contributed by atoms with Crippen molar-refractivity contribution in [3.8, 4) is 5.75 Å². The molecule has 0 amide bonds. The van der Waals surface area contributed by atoms with Crippen molar-refractivity contribution < 1.29 is 4.74 Å². The first-order valence-corrected chi connectivity index (χ1v) is 7.81. The minimum atomic E-state index is 0.682. The first kappa shape index (κ1) is 14.4. The number of hydrogen-bond donors (Lipinski definition) is 1. The predicted molar refractivity (Wildman–Crippen MR) is 87.9 cm³/mol. The molecular weight excluding hydrogens is 260 g/mol. The van der Waals surface area contributed by atoms with E-state index in [9.17, 15) is 0 Å². The van der Waals surface area contributed by atoms with E-state index in [2.05, 4.69) is 47.5 Å². The highest BCUT2D eigenvalue weighted by atomic mass is 16.5. The van der Waals surface area contributed by atoms with Crippen LogP contribution in [0.15, 0.2) is 36.4 Å². The highest BCUT2D eigenvalue weighted by Crippen LogP contribution is 2.23. The van der Waals surface area contributed by atoms with Gasteiger partial charge in [-0.1, -0.05) is 25.1 Å². The standard InChI is InChI=1S/C18H24N2O/c1-3-20(17-8-9-19-12-17)13-14-4-5-16-11-18(21-2)7-6-15(16)10-14/h4-7,10-11,17,19H,3,8-9,12-13H2,1-2H3. The molecule has 1 aliphatic rings. The van der Waals surface area contributed by atoms with E-state index in [0.29, 0.717) is 6.04 Å². The Morgan fingerprint density at radius 3 is 2.71 bits per heavy atom. The Morgan fingerprint density at radius 1 is 1.19 bits per heavy atom. The zero-order chi connectivity index (χ0) is 14.7. The SMILES string of the molecule is CCN(Cc1ccc2cc(OC)ccc2c1)C1CCNC1. The van der Waals surface area contributed by atoms with Crippen LogP contribution < -0.4 is 10.1 Å². The number of nitrogens with zero attached hydrogens (tertiary/aromatic N) is 1. The molecule has 1 atom stereocenters. The van der Waals surface area contributed by atoms with Gasteiger partial charge in [-0.25, -0.2) is 0 Å². The third-order valence-electron chi connectivity index (χ3n) is 4.45. The van der Waals surface area contributed by atoms with Gasteiger partial charge in [-0.3, -0.25) is 4.90 Å². The first-order chi connectivity index (χ1) is 10.3. The van der Waals surface area contributed by atoms with Gasteiger partial charge in [0.15, 0.2) is 0 Å². The Balaban J connectivity index is 1.80. The van der Waals surface area contributed by atoms with E-state index < -0.39 is 0 Å². The average Bonchev–Trinajstić information content (AvgIpc) is 3.06. The lowest BCUT2D eigenvalue weighted by molar-refractivity contribution is 0.210. The van der Waals surface area contributed by atoms with Crippen LogP contribution in [0.3, 0.4) is 0 Å². The van der Waals surface area contributed by atoms with Gasteiger partial charge < -0.3 is 10.1 Å². The minimum Gasteiger partial charge on any atom is -0.497 e. The number of rotatable bonds is 5. The summed E-state index contributed by atoms with van der Waals surface area (Å²) in [6.45, 7) is 6.67. The Kier molecular flexibility index (Phi) is 4.42. The predicted octanol–water partition coefficient (Wildman–Crippen LogP) is 3.03. The average molecular weight is 284 g/mol. The van der Waals surface area contributed by atoms with Gasteiger partial charge in [0.25, 0.3) is 0 Å². The van der Waals surface area contributed by atoms with Gasteiger partial charge in [0.05, 0.1) is 7.11 Å². The molecule has 1 saturated heterocycles.